The van der Waals surface area contributed by atoms with E-state index in [1.165, 1.54) is 24.0 Å². The molecule has 29 heavy (non-hydrogen) atoms. The van der Waals surface area contributed by atoms with Gasteiger partial charge in [0, 0.05) is 13.5 Å². The number of nitrogens with zero attached hydrogens (tertiary/aromatic N) is 1. The van der Waals surface area contributed by atoms with Gasteiger partial charge in [0.05, 0.1) is 0 Å². The van der Waals surface area contributed by atoms with Crippen molar-refractivity contribution in [2.75, 3.05) is 25.4 Å². The highest BCUT2D eigenvalue weighted by Gasteiger charge is 2.26. The van der Waals surface area contributed by atoms with Crippen LogP contribution in [0.15, 0.2) is 24.3 Å². The van der Waals surface area contributed by atoms with Crippen LogP contribution in [0.1, 0.15) is 76.3 Å². The first kappa shape index (κ1) is 25.5. The van der Waals surface area contributed by atoms with Crippen LogP contribution in [0, 0.1) is 5.41 Å². The summed E-state index contributed by atoms with van der Waals surface area (Å²) in [5.41, 5.74) is 3.01. The third kappa shape index (κ3) is 9.68. The van der Waals surface area contributed by atoms with E-state index in [4.69, 9.17) is 9.90 Å². The van der Waals surface area contributed by atoms with Gasteiger partial charge in [0.2, 0.25) is 6.41 Å². The van der Waals surface area contributed by atoms with E-state index in [9.17, 15) is 4.79 Å². The molecule has 1 amide bonds. The fourth-order valence-corrected chi connectivity index (χ4v) is 4.51. The molecule has 5 nitrogen and oxygen atoms in total. The van der Waals surface area contributed by atoms with Gasteiger partial charge >= 0.3 is 0 Å². The average molecular weight is 423 g/mol. The quantitative estimate of drug-likeness (QED) is 0.461. The maximum absolute atomic E-state index is 11.9. The first-order valence-electron chi connectivity index (χ1n) is 10.5. The number of hydrogen-bond donors (Lipinski definition) is 2. The van der Waals surface area contributed by atoms with E-state index in [-0.39, 0.29) is 10.8 Å². The van der Waals surface area contributed by atoms with Gasteiger partial charge in [-0.25, -0.2) is 0 Å². The Hall–Kier alpha value is -1.53. The predicted octanol–water partition coefficient (Wildman–Crippen LogP) is 4.89. The zero-order valence-corrected chi connectivity index (χ0v) is 19.4. The second-order valence-electron chi connectivity index (χ2n) is 8.63. The van der Waals surface area contributed by atoms with Crippen molar-refractivity contribution in [2.45, 2.75) is 65.2 Å². The minimum Gasteiger partial charge on any atom is -0.481 e. The Morgan fingerprint density at radius 1 is 1.31 bits per heavy atom. The van der Waals surface area contributed by atoms with Gasteiger partial charge in [0.15, 0.2) is 0 Å². The number of rotatable bonds is 8. The lowest BCUT2D eigenvalue weighted by Crippen LogP contribution is -2.31. The van der Waals surface area contributed by atoms with Gasteiger partial charge in [-0.2, -0.15) is 0 Å². The summed E-state index contributed by atoms with van der Waals surface area (Å²) in [6.45, 7) is 13.0. The van der Waals surface area contributed by atoms with Gasteiger partial charge in [-0.1, -0.05) is 52.0 Å². The van der Waals surface area contributed by atoms with Crippen molar-refractivity contribution in [3.05, 3.63) is 35.4 Å². The van der Waals surface area contributed by atoms with E-state index < -0.39 is 5.97 Å². The summed E-state index contributed by atoms with van der Waals surface area (Å²) >= 11 is 1.87. The first-order valence-corrected chi connectivity index (χ1v) is 11.6. The lowest BCUT2D eigenvalue weighted by atomic mass is 9.86. The predicted molar refractivity (Wildman–Crippen MR) is 122 cm³/mol. The summed E-state index contributed by atoms with van der Waals surface area (Å²) in [4.78, 5) is 22.9. The molecule has 2 N–H and O–H groups in total. The molecule has 0 aromatic heterocycles. The largest absolute Gasteiger partial charge is 0.481 e. The molecule has 1 aliphatic heterocycles. The van der Waals surface area contributed by atoms with Crippen molar-refractivity contribution < 1.29 is 14.7 Å². The molecule has 1 heterocycles. The molecule has 0 radical (unpaired) electrons. The van der Waals surface area contributed by atoms with Crippen LogP contribution >= 0.6 is 11.8 Å². The average Bonchev–Trinajstić information content (AvgIpc) is 2.67. The Morgan fingerprint density at radius 2 is 1.90 bits per heavy atom. The highest BCUT2D eigenvalue weighted by atomic mass is 32.2. The SMILES string of the molecule is CC(=O)O.CCSC(c1ccccc1C1CCNCC1)N(C=O)CCC(C)(C)C. The summed E-state index contributed by atoms with van der Waals surface area (Å²) in [7, 11) is 0. The van der Waals surface area contributed by atoms with E-state index in [0.717, 1.165) is 45.1 Å². The van der Waals surface area contributed by atoms with Crippen molar-refractivity contribution in [3.8, 4) is 0 Å². The van der Waals surface area contributed by atoms with Gasteiger partial charge in [0.1, 0.15) is 5.37 Å². The second-order valence-corrected chi connectivity index (χ2v) is 9.99. The molecule has 0 bridgehead atoms. The Kier molecular flexibility index (Phi) is 11.4. The number of nitrogens with one attached hydrogen (secondary N) is 1. The summed E-state index contributed by atoms with van der Waals surface area (Å²) < 4.78 is 0. The van der Waals surface area contributed by atoms with E-state index in [1.807, 2.05) is 16.7 Å². The van der Waals surface area contributed by atoms with Gasteiger partial charge in [0.25, 0.3) is 5.97 Å². The lowest BCUT2D eigenvalue weighted by Gasteiger charge is -2.34. The molecule has 1 atom stereocenters. The third-order valence-corrected chi connectivity index (χ3v) is 6.10. The number of amides is 1. The standard InChI is InChI=1S/C21H34N2OS.C2H4O2/c1-5-25-20(23(16-24)15-12-21(2,3)4)19-9-7-6-8-18(19)17-10-13-22-14-11-17;1-2(3)4/h6-9,16-17,20,22H,5,10-15H2,1-4H3;1H3,(H,3,4). The van der Waals surface area contributed by atoms with E-state index in [1.54, 1.807) is 0 Å². The lowest BCUT2D eigenvalue weighted by molar-refractivity contribution is -0.134. The molecule has 164 valence electrons. The van der Waals surface area contributed by atoms with Crippen molar-refractivity contribution >= 4 is 24.1 Å². The fourth-order valence-electron chi connectivity index (χ4n) is 3.45. The molecule has 1 aliphatic rings. The Balaban J connectivity index is 0.000000960. The number of carboxylic acids is 1. The normalized spacial score (nSPS) is 15.8. The molecule has 6 heteroatoms. The number of benzene rings is 1. The topological polar surface area (TPSA) is 69.6 Å². The van der Waals surface area contributed by atoms with Crippen LogP contribution in [-0.2, 0) is 9.59 Å². The molecular formula is C23H38N2O3S. The van der Waals surface area contributed by atoms with Gasteiger partial charge in [-0.05, 0) is 60.6 Å². The minimum atomic E-state index is -0.833. The van der Waals surface area contributed by atoms with Crippen molar-refractivity contribution in [1.29, 1.82) is 0 Å². The van der Waals surface area contributed by atoms with Crippen LogP contribution < -0.4 is 5.32 Å². The van der Waals surface area contributed by atoms with E-state index >= 15 is 0 Å². The van der Waals surface area contributed by atoms with E-state index in [0.29, 0.717) is 5.92 Å². The molecule has 0 aliphatic carbocycles. The zero-order valence-electron chi connectivity index (χ0n) is 18.6. The Bertz CT molecular complexity index is 621. The van der Waals surface area contributed by atoms with Crippen LogP contribution in [0.3, 0.4) is 0 Å². The summed E-state index contributed by atoms with van der Waals surface area (Å²) in [6.07, 6.45) is 4.44. The molecule has 0 saturated carbocycles. The monoisotopic (exact) mass is 422 g/mol. The number of carboxylic acid groups (broad SMARTS) is 1. The fraction of sp³-hybridized carbons (Fsp3) is 0.652. The Labute approximate surface area is 180 Å². The van der Waals surface area contributed by atoms with Gasteiger partial charge in [-0.3, -0.25) is 9.59 Å². The number of piperidine rings is 1. The molecule has 2 rings (SSSR count). The highest BCUT2D eigenvalue weighted by Crippen LogP contribution is 2.39. The van der Waals surface area contributed by atoms with Crippen LogP contribution in [0.2, 0.25) is 0 Å². The minimum absolute atomic E-state index is 0.121. The van der Waals surface area contributed by atoms with Crippen molar-refractivity contribution in [1.82, 2.24) is 10.2 Å². The van der Waals surface area contributed by atoms with Crippen LogP contribution in [0.25, 0.3) is 0 Å². The highest BCUT2D eigenvalue weighted by molar-refractivity contribution is 7.99. The number of carbonyl (C=O) groups is 2. The number of carbonyl (C=O) groups excluding carboxylic acids is 1. The molecule has 1 fully saturated rings. The van der Waals surface area contributed by atoms with Gasteiger partial charge in [-0.15, -0.1) is 11.8 Å². The van der Waals surface area contributed by atoms with Crippen LogP contribution in [0.4, 0.5) is 0 Å². The van der Waals surface area contributed by atoms with Crippen molar-refractivity contribution in [3.63, 3.8) is 0 Å². The molecular weight excluding hydrogens is 384 g/mol. The number of thioether (sulfide) groups is 1. The molecule has 1 unspecified atom stereocenters. The molecule has 0 spiro atoms. The maximum Gasteiger partial charge on any atom is 0.300 e. The molecule has 1 saturated heterocycles. The second kappa shape index (κ2) is 12.9. The zero-order chi connectivity index (χ0) is 21.9. The maximum atomic E-state index is 11.9. The summed E-state index contributed by atoms with van der Waals surface area (Å²) in [5, 5.41) is 11.0. The Morgan fingerprint density at radius 3 is 2.41 bits per heavy atom. The van der Waals surface area contributed by atoms with Crippen molar-refractivity contribution in [2.24, 2.45) is 5.41 Å². The third-order valence-electron chi connectivity index (χ3n) is 4.92. The van der Waals surface area contributed by atoms with E-state index in [2.05, 4.69) is 57.3 Å². The first-order chi connectivity index (χ1) is 13.7. The van der Waals surface area contributed by atoms with Crippen LogP contribution in [-0.4, -0.2) is 47.8 Å². The molecule has 1 aromatic rings. The van der Waals surface area contributed by atoms with Gasteiger partial charge < -0.3 is 15.3 Å². The summed E-state index contributed by atoms with van der Waals surface area (Å²) in [6, 6.07) is 8.78. The molecule has 1 aromatic carbocycles. The smallest absolute Gasteiger partial charge is 0.300 e. The number of hydrogen-bond acceptors (Lipinski definition) is 4. The number of aliphatic carboxylic acids is 1. The summed E-state index contributed by atoms with van der Waals surface area (Å²) in [5.74, 6) is 0.777. The van der Waals surface area contributed by atoms with Crippen LogP contribution in [0.5, 0.6) is 0 Å².